The summed E-state index contributed by atoms with van der Waals surface area (Å²) < 4.78 is 0. The molecule has 4 amide bonds. The van der Waals surface area contributed by atoms with E-state index in [1.165, 1.54) is 0 Å². The first-order valence-corrected chi connectivity index (χ1v) is 6.23. The molecule has 5 nitrogen and oxygen atoms in total. The number of carbonyl (C=O) groups is 3. The summed E-state index contributed by atoms with van der Waals surface area (Å²) in [5.41, 5.74) is -1.05. The van der Waals surface area contributed by atoms with Crippen molar-refractivity contribution in [3.8, 4) is 0 Å². The fourth-order valence-electron chi connectivity index (χ4n) is 2.16. The van der Waals surface area contributed by atoms with E-state index in [4.69, 9.17) is 0 Å². The quantitative estimate of drug-likeness (QED) is 0.361. The second-order valence-electron chi connectivity index (χ2n) is 4.48. The number of amides is 4. The van der Waals surface area contributed by atoms with Gasteiger partial charge in [0.05, 0.1) is 0 Å². The molecular formula is C12H21N2NaO3. The van der Waals surface area contributed by atoms with Crippen molar-refractivity contribution >= 4 is 17.8 Å². The molecule has 0 bridgehead atoms. The van der Waals surface area contributed by atoms with Gasteiger partial charge in [-0.05, 0) is 12.8 Å². The van der Waals surface area contributed by atoms with Gasteiger partial charge < -0.3 is 1.43 Å². The Morgan fingerprint density at radius 2 is 1.56 bits per heavy atom. The molecule has 0 aliphatic carbocycles. The molecule has 1 heterocycles. The van der Waals surface area contributed by atoms with Crippen LogP contribution in [0.3, 0.4) is 0 Å². The zero-order valence-electron chi connectivity index (χ0n) is 12.5. The smallest absolute Gasteiger partial charge is 1.00 e. The van der Waals surface area contributed by atoms with Crippen molar-refractivity contribution in [1.29, 1.82) is 0 Å². The van der Waals surface area contributed by atoms with Gasteiger partial charge in [0.2, 0.25) is 11.8 Å². The zero-order chi connectivity index (χ0) is 12.9. The monoisotopic (exact) mass is 264 g/mol. The summed E-state index contributed by atoms with van der Waals surface area (Å²) in [4.78, 5) is 34.7. The minimum absolute atomic E-state index is 0. The van der Waals surface area contributed by atoms with Crippen LogP contribution in [0.25, 0.3) is 0 Å². The van der Waals surface area contributed by atoms with E-state index in [0.717, 1.165) is 25.7 Å². The summed E-state index contributed by atoms with van der Waals surface area (Å²) in [5, 5.41) is 4.37. The number of urea groups is 1. The number of rotatable bonds is 6. The maximum Gasteiger partial charge on any atom is 1.00 e. The van der Waals surface area contributed by atoms with E-state index in [1.807, 2.05) is 0 Å². The molecular weight excluding hydrogens is 243 g/mol. The number of imide groups is 2. The first-order valence-electron chi connectivity index (χ1n) is 6.23. The van der Waals surface area contributed by atoms with Crippen molar-refractivity contribution in [3.05, 3.63) is 0 Å². The van der Waals surface area contributed by atoms with Crippen LogP contribution in [0.4, 0.5) is 4.79 Å². The Labute approximate surface area is 131 Å². The molecule has 1 fully saturated rings. The van der Waals surface area contributed by atoms with Crippen LogP contribution in [0.1, 0.15) is 53.8 Å². The number of carbonyl (C=O) groups excluding carboxylic acids is 3. The Kier molecular flexibility index (Phi) is 7.75. The van der Waals surface area contributed by atoms with Crippen molar-refractivity contribution in [1.82, 2.24) is 10.6 Å². The fraction of sp³-hybridized carbons (Fsp3) is 0.750. The summed E-state index contributed by atoms with van der Waals surface area (Å²) in [6.07, 6.45) is 4.97. The second kappa shape index (κ2) is 7.92. The van der Waals surface area contributed by atoms with Gasteiger partial charge in [0, 0.05) is 0 Å². The van der Waals surface area contributed by atoms with Gasteiger partial charge in [0.1, 0.15) is 5.41 Å². The largest absolute Gasteiger partial charge is 1.00 e. The van der Waals surface area contributed by atoms with Crippen molar-refractivity contribution in [2.24, 2.45) is 5.41 Å². The van der Waals surface area contributed by atoms with Crippen LogP contribution in [-0.4, -0.2) is 17.8 Å². The van der Waals surface area contributed by atoms with Crippen LogP contribution in [0.5, 0.6) is 0 Å². The number of hydrogen-bond donors (Lipinski definition) is 2. The molecule has 0 spiro atoms. The topological polar surface area (TPSA) is 75.3 Å². The van der Waals surface area contributed by atoms with Crippen molar-refractivity contribution in [3.63, 3.8) is 0 Å². The normalized spacial score (nSPS) is 17.8. The summed E-state index contributed by atoms with van der Waals surface area (Å²) in [6.45, 7) is 3.91. The second-order valence-corrected chi connectivity index (χ2v) is 4.48. The van der Waals surface area contributed by atoms with Crippen molar-refractivity contribution in [2.75, 3.05) is 0 Å². The van der Waals surface area contributed by atoms with Crippen molar-refractivity contribution in [2.45, 2.75) is 52.4 Å². The fourth-order valence-corrected chi connectivity index (χ4v) is 2.16. The minimum Gasteiger partial charge on any atom is -1.00 e. The molecule has 2 N–H and O–H groups in total. The van der Waals surface area contributed by atoms with Crippen LogP contribution in [-0.2, 0) is 9.59 Å². The number of hydrogen-bond acceptors (Lipinski definition) is 3. The van der Waals surface area contributed by atoms with Gasteiger partial charge in [-0.2, -0.15) is 0 Å². The number of nitrogens with one attached hydrogen (secondary N) is 2. The van der Waals surface area contributed by atoms with Crippen LogP contribution >= 0.6 is 0 Å². The minimum atomic E-state index is -1.05. The predicted molar refractivity (Wildman–Crippen MR) is 64.3 cm³/mol. The van der Waals surface area contributed by atoms with E-state index < -0.39 is 23.3 Å². The van der Waals surface area contributed by atoms with Gasteiger partial charge in [0.25, 0.3) is 0 Å². The molecule has 18 heavy (non-hydrogen) atoms. The molecule has 0 aromatic rings. The molecule has 0 saturated carbocycles. The molecule has 6 heteroatoms. The first-order chi connectivity index (χ1) is 8.06. The Balaban J connectivity index is 0. The average molecular weight is 264 g/mol. The van der Waals surface area contributed by atoms with E-state index in [1.54, 1.807) is 6.92 Å². The van der Waals surface area contributed by atoms with Gasteiger partial charge in [0.15, 0.2) is 0 Å². The van der Waals surface area contributed by atoms with E-state index in [-0.39, 0.29) is 31.0 Å². The molecule has 1 aliphatic rings. The molecule has 1 aliphatic heterocycles. The maximum atomic E-state index is 11.8. The summed E-state index contributed by atoms with van der Waals surface area (Å²) in [6, 6.07) is -0.711. The Morgan fingerprint density at radius 1 is 1.00 bits per heavy atom. The van der Waals surface area contributed by atoms with Crippen LogP contribution < -0.4 is 40.2 Å². The molecule has 1 rings (SSSR count). The third kappa shape index (κ3) is 3.80. The summed E-state index contributed by atoms with van der Waals surface area (Å²) in [7, 11) is 0. The first kappa shape index (κ1) is 17.6. The van der Waals surface area contributed by atoms with Crippen molar-refractivity contribution < 1.29 is 45.4 Å². The van der Waals surface area contributed by atoms with Crippen LogP contribution in [0.15, 0.2) is 0 Å². The van der Waals surface area contributed by atoms with E-state index >= 15 is 0 Å². The number of unbranched alkanes of at least 4 members (excludes halogenated alkanes) is 3. The molecule has 0 radical (unpaired) electrons. The van der Waals surface area contributed by atoms with E-state index in [0.29, 0.717) is 12.8 Å². The van der Waals surface area contributed by atoms with Crippen LogP contribution in [0, 0.1) is 5.41 Å². The molecule has 0 aromatic carbocycles. The number of barbiturate groups is 1. The Bertz CT molecular complexity index is 317. The maximum absolute atomic E-state index is 11.8. The standard InChI is InChI=1S/C12H20N2O3.Na.H/c1-3-5-6-7-8-12(4-2)9(15)13-11(17)14-10(12)16;;/h3-8H2,1-2H3,(H2,13,14,15,16,17);;/q;+1;-1. The van der Waals surface area contributed by atoms with E-state index in [2.05, 4.69) is 17.6 Å². The molecule has 0 unspecified atom stereocenters. The summed E-state index contributed by atoms with van der Waals surface area (Å²) >= 11 is 0. The van der Waals surface area contributed by atoms with E-state index in [9.17, 15) is 14.4 Å². The zero-order valence-corrected chi connectivity index (χ0v) is 13.5. The van der Waals surface area contributed by atoms with Gasteiger partial charge in [-0.15, -0.1) is 0 Å². The van der Waals surface area contributed by atoms with Gasteiger partial charge in [-0.1, -0.05) is 39.5 Å². The third-order valence-electron chi connectivity index (χ3n) is 3.38. The van der Waals surface area contributed by atoms with Gasteiger partial charge in [-0.3, -0.25) is 20.2 Å². The molecule has 0 atom stereocenters. The Morgan fingerprint density at radius 3 is 2.00 bits per heavy atom. The van der Waals surface area contributed by atoms with Crippen LogP contribution in [0.2, 0.25) is 0 Å². The van der Waals surface area contributed by atoms with Gasteiger partial charge >= 0.3 is 35.6 Å². The molecule has 1 saturated heterocycles. The Hall–Kier alpha value is -0.390. The molecule has 0 aromatic heterocycles. The van der Waals surface area contributed by atoms with Gasteiger partial charge in [-0.25, -0.2) is 4.79 Å². The third-order valence-corrected chi connectivity index (χ3v) is 3.38. The summed E-state index contributed by atoms with van der Waals surface area (Å²) in [5.74, 6) is -0.907. The molecule has 98 valence electrons. The predicted octanol–water partition coefficient (Wildman–Crippen LogP) is -1.16. The SMILES string of the molecule is CCCCCCC1(CC)C(=O)NC(=O)NC1=O.[H-].[Na+]. The average Bonchev–Trinajstić information content (AvgIpc) is 2.27.